The van der Waals surface area contributed by atoms with Crippen molar-refractivity contribution in [2.24, 2.45) is 5.14 Å². The number of allylic oxidation sites excluding steroid dienone is 2. The number of rotatable bonds is 5. The van der Waals surface area contributed by atoms with Gasteiger partial charge in [0.25, 0.3) is 12.0 Å². The van der Waals surface area contributed by atoms with Crippen molar-refractivity contribution in [1.82, 2.24) is 4.98 Å². The predicted molar refractivity (Wildman–Crippen MR) is 106 cm³/mol. The Morgan fingerprint density at radius 1 is 1.00 bits per heavy atom. The topological polar surface area (TPSA) is 126 Å². The summed E-state index contributed by atoms with van der Waals surface area (Å²) in [6.45, 7) is -0.0789. The zero-order valence-corrected chi connectivity index (χ0v) is 16.5. The monoisotopic (exact) mass is 423 g/mol. The van der Waals surface area contributed by atoms with Gasteiger partial charge in [-0.1, -0.05) is 30.3 Å². The number of hydrogen-bond donors (Lipinski definition) is 1. The van der Waals surface area contributed by atoms with E-state index in [1.54, 1.807) is 24.3 Å². The van der Waals surface area contributed by atoms with Crippen LogP contribution in [0, 0.1) is 0 Å². The molecular weight excluding hydrogens is 406 g/mol. The Balaban J connectivity index is 1.80. The van der Waals surface area contributed by atoms with Gasteiger partial charge in [0.1, 0.15) is 18.1 Å². The van der Waals surface area contributed by atoms with E-state index in [-0.39, 0.29) is 17.3 Å². The number of benzene rings is 2. The summed E-state index contributed by atoms with van der Waals surface area (Å²) in [7, 11) is -3.83. The number of aromatic nitrogens is 1. The summed E-state index contributed by atoms with van der Waals surface area (Å²) < 4.78 is 28.4. The van der Waals surface area contributed by atoms with E-state index in [2.05, 4.69) is 4.98 Å². The molecule has 30 heavy (non-hydrogen) atoms. The Morgan fingerprint density at radius 2 is 1.63 bits per heavy atom. The molecule has 0 saturated heterocycles. The quantitative estimate of drug-likeness (QED) is 0.628. The van der Waals surface area contributed by atoms with Crippen LogP contribution >= 0.6 is 0 Å². The van der Waals surface area contributed by atoms with Gasteiger partial charge in [-0.3, -0.25) is 0 Å². The number of primary sulfonamides is 1. The predicted octanol–water partition coefficient (Wildman–Crippen LogP) is 2.36. The fourth-order valence-corrected chi connectivity index (χ4v) is 3.70. The number of oxazole rings is 1. The zero-order chi connectivity index (χ0) is 21.4. The van der Waals surface area contributed by atoms with E-state index in [1.807, 2.05) is 30.3 Å². The summed E-state index contributed by atoms with van der Waals surface area (Å²) in [5.41, 5.74) is 1.86. The van der Waals surface area contributed by atoms with Crippen LogP contribution in [-0.2, 0) is 16.6 Å². The van der Waals surface area contributed by atoms with E-state index in [4.69, 9.17) is 9.56 Å². The second kappa shape index (κ2) is 7.38. The molecule has 0 spiro atoms. The summed E-state index contributed by atoms with van der Waals surface area (Å²) in [6.07, 6.45) is 4.87. The standard InChI is InChI=1S/C21H17N3O5S/c22-30(27,28)17-10-8-16(9-11-17)20-19(15-6-2-1-3-7-15)23-18(29-20)14-24(21(25)26)12-4-5-13-24/h1-13H,14H2,(H2-,22,25,26,27,28). The van der Waals surface area contributed by atoms with Crippen molar-refractivity contribution in [2.45, 2.75) is 11.4 Å². The maximum Gasteiger partial charge on any atom is 0.267 e. The zero-order valence-electron chi connectivity index (χ0n) is 15.6. The number of hydrogen-bond acceptors (Lipinski definition) is 6. The first kappa shape index (κ1) is 19.8. The normalized spacial score (nSPS) is 14.8. The first-order valence-electron chi connectivity index (χ1n) is 8.93. The molecule has 0 unspecified atom stereocenters. The number of nitrogens with zero attached hydrogens (tertiary/aromatic N) is 2. The second-order valence-electron chi connectivity index (χ2n) is 6.76. The van der Waals surface area contributed by atoms with Crippen LogP contribution in [0.5, 0.6) is 0 Å². The maximum absolute atomic E-state index is 11.7. The molecule has 1 aromatic heterocycles. The summed E-state index contributed by atoms with van der Waals surface area (Å²) in [6, 6.07) is 15.1. The van der Waals surface area contributed by atoms with E-state index < -0.39 is 20.6 Å². The van der Waals surface area contributed by atoms with Gasteiger partial charge in [0.05, 0.1) is 4.90 Å². The molecule has 1 aliphatic rings. The molecule has 3 aromatic rings. The molecule has 2 N–H and O–H groups in total. The molecule has 1 amide bonds. The number of carbonyl (C=O) groups is 1. The molecule has 0 saturated carbocycles. The lowest BCUT2D eigenvalue weighted by molar-refractivity contribution is -0.790. The number of carbonyl (C=O) groups excluding carboxylic acids is 1. The minimum absolute atomic E-state index is 0.0268. The molecule has 9 heteroatoms. The molecule has 0 fully saturated rings. The lowest BCUT2D eigenvalue weighted by atomic mass is 10.1. The fraction of sp³-hybridized carbons (Fsp3) is 0.0476. The van der Waals surface area contributed by atoms with Gasteiger partial charge >= 0.3 is 0 Å². The number of amides is 1. The highest BCUT2D eigenvalue weighted by Crippen LogP contribution is 2.34. The molecule has 4 rings (SSSR count). The number of quaternary nitrogens is 1. The Hall–Kier alpha value is -3.53. The van der Waals surface area contributed by atoms with E-state index in [9.17, 15) is 18.3 Å². The highest BCUT2D eigenvalue weighted by atomic mass is 32.2. The van der Waals surface area contributed by atoms with Gasteiger partial charge in [0.15, 0.2) is 12.3 Å². The van der Waals surface area contributed by atoms with E-state index in [0.29, 0.717) is 17.0 Å². The highest BCUT2D eigenvalue weighted by molar-refractivity contribution is 7.89. The van der Waals surface area contributed by atoms with Crippen LogP contribution in [-0.4, -0.2) is 24.0 Å². The Morgan fingerprint density at radius 3 is 2.20 bits per heavy atom. The van der Waals surface area contributed by atoms with E-state index in [0.717, 1.165) is 5.56 Å². The largest absolute Gasteiger partial charge is 0.498 e. The van der Waals surface area contributed by atoms with Crippen LogP contribution < -0.4 is 10.2 Å². The van der Waals surface area contributed by atoms with Gasteiger partial charge in [-0.05, 0) is 36.4 Å². The fourth-order valence-electron chi connectivity index (χ4n) is 3.19. The number of nitrogens with two attached hydrogens (primary N) is 1. The Labute approximate surface area is 172 Å². The third-order valence-electron chi connectivity index (χ3n) is 4.72. The lowest BCUT2D eigenvalue weighted by Gasteiger charge is -2.26. The molecule has 0 radical (unpaired) electrons. The molecular formula is C21H17N3O5S. The van der Waals surface area contributed by atoms with Crippen molar-refractivity contribution in [3.63, 3.8) is 0 Å². The van der Waals surface area contributed by atoms with Crippen molar-refractivity contribution < 1.29 is 27.2 Å². The summed E-state index contributed by atoms with van der Waals surface area (Å²) >= 11 is 0. The van der Waals surface area contributed by atoms with Crippen LogP contribution in [0.4, 0.5) is 4.79 Å². The van der Waals surface area contributed by atoms with Gasteiger partial charge in [-0.2, -0.15) is 0 Å². The SMILES string of the molecule is NS(=O)(=O)c1ccc(-c2oc(C[N+]3(C(=O)[O-])C=CC=C3)nc2-c2ccccc2)cc1. The summed E-state index contributed by atoms with van der Waals surface area (Å²) in [4.78, 5) is 16.2. The first-order chi connectivity index (χ1) is 14.3. The Kier molecular flexibility index (Phi) is 4.86. The van der Waals surface area contributed by atoms with E-state index in [1.165, 1.54) is 24.5 Å². The molecule has 8 nitrogen and oxygen atoms in total. The van der Waals surface area contributed by atoms with Crippen LogP contribution in [0.1, 0.15) is 5.89 Å². The number of carboxylic acid groups (broad SMARTS) is 1. The van der Waals surface area contributed by atoms with Gasteiger partial charge in [0, 0.05) is 11.1 Å². The smallest absolute Gasteiger partial charge is 0.267 e. The molecule has 2 heterocycles. The minimum atomic E-state index is -3.83. The van der Waals surface area contributed by atoms with Gasteiger partial charge in [-0.25, -0.2) is 23.0 Å². The molecule has 1 aliphatic heterocycles. The molecule has 152 valence electrons. The van der Waals surface area contributed by atoms with Crippen LogP contribution in [0.2, 0.25) is 0 Å². The average Bonchev–Trinajstić information content (AvgIpc) is 3.36. The van der Waals surface area contributed by atoms with Crippen molar-refractivity contribution in [3.8, 4) is 22.6 Å². The molecule has 0 atom stereocenters. The third-order valence-corrected chi connectivity index (χ3v) is 5.65. The summed E-state index contributed by atoms with van der Waals surface area (Å²) in [5.74, 6) is 0.584. The first-order valence-corrected chi connectivity index (χ1v) is 10.5. The van der Waals surface area contributed by atoms with Gasteiger partial charge < -0.3 is 14.3 Å². The van der Waals surface area contributed by atoms with Gasteiger partial charge in [-0.15, -0.1) is 0 Å². The molecule has 0 aliphatic carbocycles. The van der Waals surface area contributed by atoms with Crippen molar-refractivity contribution in [3.05, 3.63) is 85.0 Å². The van der Waals surface area contributed by atoms with Crippen LogP contribution in [0.25, 0.3) is 22.6 Å². The van der Waals surface area contributed by atoms with Crippen LogP contribution in [0.3, 0.4) is 0 Å². The van der Waals surface area contributed by atoms with Crippen molar-refractivity contribution in [2.75, 3.05) is 0 Å². The van der Waals surface area contributed by atoms with Crippen molar-refractivity contribution in [1.29, 1.82) is 0 Å². The van der Waals surface area contributed by atoms with Crippen molar-refractivity contribution >= 4 is 16.1 Å². The maximum atomic E-state index is 11.7. The lowest BCUT2D eigenvalue weighted by Crippen LogP contribution is -2.49. The Bertz CT molecular complexity index is 1250. The average molecular weight is 423 g/mol. The molecule has 2 aromatic carbocycles. The second-order valence-corrected chi connectivity index (χ2v) is 8.32. The summed E-state index contributed by atoms with van der Waals surface area (Å²) in [5, 5.41) is 16.9. The highest BCUT2D eigenvalue weighted by Gasteiger charge is 2.31. The van der Waals surface area contributed by atoms with Gasteiger partial charge in [0.2, 0.25) is 10.0 Å². The third kappa shape index (κ3) is 3.69. The minimum Gasteiger partial charge on any atom is -0.498 e. The van der Waals surface area contributed by atoms with Crippen LogP contribution in [0.15, 0.2) is 88.5 Å². The van der Waals surface area contributed by atoms with E-state index >= 15 is 0 Å². The number of sulfonamides is 1. The molecule has 0 bridgehead atoms.